The molecule has 1 heterocycles. The van der Waals surface area contributed by atoms with Crippen LogP contribution in [0.4, 0.5) is 5.69 Å². The first-order valence-electron chi connectivity index (χ1n) is 3.36. The van der Waals surface area contributed by atoms with Crippen LogP contribution in [0.25, 0.3) is 0 Å². The Morgan fingerprint density at radius 2 is 2.15 bits per heavy atom. The zero-order valence-electron chi connectivity index (χ0n) is 6.95. The minimum absolute atomic E-state index is 0.0501. The van der Waals surface area contributed by atoms with Crippen molar-refractivity contribution in [2.24, 2.45) is 5.14 Å². The summed E-state index contributed by atoms with van der Waals surface area (Å²) in [4.78, 5) is 3.67. The van der Waals surface area contributed by atoms with Gasteiger partial charge in [-0.2, -0.15) is 0 Å². The van der Waals surface area contributed by atoms with Gasteiger partial charge in [-0.05, 0) is 6.07 Å². The van der Waals surface area contributed by atoms with Crippen LogP contribution in [0.1, 0.15) is 0 Å². The Labute approximate surface area is 77.1 Å². The van der Waals surface area contributed by atoms with E-state index in [0.29, 0.717) is 5.69 Å². The summed E-state index contributed by atoms with van der Waals surface area (Å²) in [6, 6.07) is 2.81. The number of anilines is 1. The Kier molecular flexibility index (Phi) is 2.74. The monoisotopic (exact) mass is 205 g/mol. The highest BCUT2D eigenvalue weighted by atomic mass is 32.3. The normalized spacial score (nSPS) is 12.7. The molecule has 0 radical (unpaired) electrons. The lowest BCUT2D eigenvalue weighted by Crippen LogP contribution is -2.13. The van der Waals surface area contributed by atoms with Gasteiger partial charge in [0.05, 0.1) is 5.69 Å². The number of nitrogens with two attached hydrogens (primary N) is 1. The Balaban J connectivity index is 3.06. The van der Waals surface area contributed by atoms with Crippen molar-refractivity contribution < 1.29 is 14.3 Å². The van der Waals surface area contributed by atoms with E-state index < -0.39 is 10.8 Å². The maximum Gasteiger partial charge on any atom is 0.165 e. The van der Waals surface area contributed by atoms with Gasteiger partial charge >= 0.3 is 0 Å². The zero-order valence-corrected chi connectivity index (χ0v) is 7.77. The predicted octanol–water partition coefficient (Wildman–Crippen LogP) is 0.890. The van der Waals surface area contributed by atoms with Crippen LogP contribution in [0.2, 0.25) is 0 Å². The molecular formula is C6H11N3O3S. The van der Waals surface area contributed by atoms with Gasteiger partial charge in [0, 0.05) is 19.3 Å². The van der Waals surface area contributed by atoms with Gasteiger partial charge in [-0.3, -0.25) is 19.4 Å². The van der Waals surface area contributed by atoms with Crippen LogP contribution < -0.4 is 10.2 Å². The summed E-state index contributed by atoms with van der Waals surface area (Å²) >= 11 is 0. The molecule has 0 fully saturated rings. The van der Waals surface area contributed by atoms with Gasteiger partial charge in [0.2, 0.25) is 0 Å². The van der Waals surface area contributed by atoms with Crippen molar-refractivity contribution in [1.29, 1.82) is 0 Å². The number of nitrogens with zero attached hydrogens (tertiary/aromatic N) is 2. The van der Waals surface area contributed by atoms with E-state index in [1.165, 1.54) is 25.4 Å². The van der Waals surface area contributed by atoms with E-state index in [4.69, 9.17) is 19.5 Å². The van der Waals surface area contributed by atoms with Crippen molar-refractivity contribution >= 4 is 16.5 Å². The zero-order chi connectivity index (χ0) is 10.1. The number of rotatable bonds is 2. The van der Waals surface area contributed by atoms with Gasteiger partial charge in [0.1, 0.15) is 0 Å². The molecule has 1 aromatic heterocycles. The van der Waals surface area contributed by atoms with Crippen LogP contribution in [0.15, 0.2) is 23.4 Å². The summed E-state index contributed by atoms with van der Waals surface area (Å²) in [7, 11) is -1.90. The quantitative estimate of drug-likeness (QED) is 0.535. The first-order chi connectivity index (χ1) is 5.91. The Bertz CT molecular complexity index is 299. The Morgan fingerprint density at radius 1 is 1.54 bits per heavy atom. The van der Waals surface area contributed by atoms with Crippen molar-refractivity contribution in [3.05, 3.63) is 18.3 Å². The predicted molar refractivity (Wildman–Crippen MR) is 49.7 cm³/mol. The van der Waals surface area contributed by atoms with E-state index >= 15 is 0 Å². The van der Waals surface area contributed by atoms with Crippen LogP contribution in [-0.4, -0.2) is 26.3 Å². The smallest absolute Gasteiger partial charge is 0.165 e. The van der Waals surface area contributed by atoms with Gasteiger partial charge in [0.15, 0.2) is 5.03 Å². The summed E-state index contributed by atoms with van der Waals surface area (Å²) in [6.45, 7) is 0. The molecule has 0 aliphatic heterocycles. The summed E-state index contributed by atoms with van der Waals surface area (Å²) in [5.41, 5.74) is 0.385. The Hall–Kier alpha value is -0.860. The molecule has 1 rings (SSSR count). The summed E-state index contributed by atoms with van der Waals surface area (Å²) < 4.78 is 18.1. The highest BCUT2D eigenvalue weighted by Crippen LogP contribution is 2.38. The van der Waals surface area contributed by atoms with Crippen LogP contribution >= 0.6 is 10.8 Å². The molecule has 0 atom stereocenters. The van der Waals surface area contributed by atoms with Crippen molar-refractivity contribution in [3.63, 3.8) is 0 Å². The number of hydrogen-bond donors (Lipinski definition) is 4. The number of hydrogen-bond acceptors (Lipinski definition) is 6. The van der Waals surface area contributed by atoms with Crippen molar-refractivity contribution in [2.75, 3.05) is 12.1 Å². The van der Waals surface area contributed by atoms with Crippen molar-refractivity contribution in [1.82, 2.24) is 4.98 Å². The van der Waals surface area contributed by atoms with Gasteiger partial charge in [0.25, 0.3) is 0 Å². The van der Waals surface area contributed by atoms with E-state index in [1.54, 1.807) is 0 Å². The molecule has 0 unspecified atom stereocenters. The number of pyridine rings is 1. The van der Waals surface area contributed by atoms with Crippen LogP contribution in [-0.2, 0) is 0 Å². The molecule has 5 N–H and O–H groups in total. The van der Waals surface area contributed by atoms with Crippen molar-refractivity contribution in [2.45, 2.75) is 5.03 Å². The summed E-state index contributed by atoms with van der Waals surface area (Å²) in [5.74, 6) is 0. The third-order valence-corrected chi connectivity index (χ3v) is 2.24. The molecule has 0 saturated carbocycles. The topological polar surface area (TPSA) is 103 Å². The second-order valence-corrected chi connectivity index (χ2v) is 4.07. The minimum Gasteiger partial charge on any atom is -0.289 e. The number of aromatic nitrogens is 1. The largest absolute Gasteiger partial charge is 0.289 e. The maximum atomic E-state index is 9.05. The first-order valence-corrected chi connectivity index (χ1v) is 4.97. The second-order valence-electron chi connectivity index (χ2n) is 2.47. The van der Waals surface area contributed by atoms with Crippen LogP contribution in [0.3, 0.4) is 0 Å². The molecule has 0 aliphatic rings. The second kappa shape index (κ2) is 3.48. The fraction of sp³-hybridized carbons (Fsp3) is 0.167. The van der Waals surface area contributed by atoms with E-state index in [0.717, 1.165) is 5.06 Å². The fourth-order valence-electron chi connectivity index (χ4n) is 0.765. The Morgan fingerprint density at radius 3 is 2.62 bits per heavy atom. The molecule has 0 spiro atoms. The molecule has 7 heteroatoms. The summed E-state index contributed by atoms with van der Waals surface area (Å²) in [5, 5.41) is 14.9. The molecule has 1 aromatic rings. The lowest BCUT2D eigenvalue weighted by molar-refractivity contribution is 0.279. The van der Waals surface area contributed by atoms with Crippen molar-refractivity contribution in [3.8, 4) is 0 Å². The summed E-state index contributed by atoms with van der Waals surface area (Å²) in [6.07, 6.45) is 1.33. The molecular weight excluding hydrogens is 194 g/mol. The van der Waals surface area contributed by atoms with Crippen LogP contribution in [0.5, 0.6) is 0 Å². The maximum absolute atomic E-state index is 9.05. The lowest BCUT2D eigenvalue weighted by Gasteiger charge is -2.25. The minimum atomic E-state index is -3.31. The molecule has 6 nitrogen and oxygen atoms in total. The van der Waals surface area contributed by atoms with E-state index in [1.807, 2.05) is 0 Å². The molecule has 0 aromatic carbocycles. The first kappa shape index (κ1) is 10.2. The van der Waals surface area contributed by atoms with Gasteiger partial charge in [-0.15, -0.1) is 0 Å². The SMILES string of the molecule is CN(O)c1ccnc(S(N)(O)O)c1. The van der Waals surface area contributed by atoms with Gasteiger partial charge in [-0.25, -0.2) is 10.1 Å². The highest BCUT2D eigenvalue weighted by molar-refractivity contribution is 8.22. The van der Waals surface area contributed by atoms with E-state index in [9.17, 15) is 0 Å². The average molecular weight is 205 g/mol. The van der Waals surface area contributed by atoms with Gasteiger partial charge < -0.3 is 0 Å². The average Bonchev–Trinajstić information content (AvgIpc) is 2.03. The fourth-order valence-corrected chi connectivity index (χ4v) is 1.27. The third-order valence-electron chi connectivity index (χ3n) is 1.40. The lowest BCUT2D eigenvalue weighted by atomic mass is 10.4. The van der Waals surface area contributed by atoms with Gasteiger partial charge in [-0.1, -0.05) is 10.8 Å². The molecule has 13 heavy (non-hydrogen) atoms. The molecule has 0 bridgehead atoms. The third kappa shape index (κ3) is 2.54. The number of hydroxylamine groups is 1. The highest BCUT2D eigenvalue weighted by Gasteiger charge is 2.11. The standard InChI is InChI=1S/C6H11N3O3S/c1-9(10)5-2-3-8-6(4-5)13(7,11)12/h2-4,10-12H,7H2,1H3. The molecule has 74 valence electrons. The molecule has 0 amide bonds. The van der Waals surface area contributed by atoms with E-state index in [-0.39, 0.29) is 5.03 Å². The van der Waals surface area contributed by atoms with E-state index in [2.05, 4.69) is 4.98 Å². The molecule has 0 aliphatic carbocycles. The molecule has 0 saturated heterocycles. The van der Waals surface area contributed by atoms with Crippen LogP contribution in [0, 0.1) is 0 Å².